The van der Waals surface area contributed by atoms with Crippen LogP contribution in [-0.2, 0) is 19.5 Å². The van der Waals surface area contributed by atoms with Crippen molar-refractivity contribution >= 4 is 22.7 Å². The van der Waals surface area contributed by atoms with Crippen molar-refractivity contribution in [2.24, 2.45) is 0 Å². The quantitative estimate of drug-likeness (QED) is 0.793. The number of nitrogens with one attached hydrogen (secondary N) is 1. The molecular weight excluding hydrogens is 326 g/mol. The standard InChI is InChI=1S/C17H17N3OS2/c1-11-5-8-23-15(11)10-20-6-4-13-12(9-20)17(21)19-16(18-13)14-3-2-7-22-14/h2-3,5,7-8H,4,6,9-10H2,1H3,(H,18,19,21). The van der Waals surface area contributed by atoms with Gasteiger partial charge in [0.1, 0.15) is 0 Å². The highest BCUT2D eigenvalue weighted by molar-refractivity contribution is 7.13. The summed E-state index contributed by atoms with van der Waals surface area (Å²) >= 11 is 3.39. The Labute approximate surface area is 142 Å². The van der Waals surface area contributed by atoms with Crippen LogP contribution in [0.5, 0.6) is 0 Å². The first-order valence-electron chi connectivity index (χ1n) is 7.62. The van der Waals surface area contributed by atoms with E-state index >= 15 is 0 Å². The van der Waals surface area contributed by atoms with Crippen LogP contribution < -0.4 is 5.56 Å². The summed E-state index contributed by atoms with van der Waals surface area (Å²) < 4.78 is 0. The van der Waals surface area contributed by atoms with Crippen LogP contribution in [0.2, 0.25) is 0 Å². The van der Waals surface area contributed by atoms with Gasteiger partial charge in [-0.3, -0.25) is 9.69 Å². The minimum absolute atomic E-state index is 0.00556. The summed E-state index contributed by atoms with van der Waals surface area (Å²) in [5, 5.41) is 4.13. The minimum atomic E-state index is 0.00556. The summed E-state index contributed by atoms with van der Waals surface area (Å²) in [6.07, 6.45) is 0.835. The van der Waals surface area contributed by atoms with Gasteiger partial charge in [-0.15, -0.1) is 22.7 Å². The lowest BCUT2D eigenvalue weighted by atomic mass is 10.1. The van der Waals surface area contributed by atoms with Gasteiger partial charge in [-0.05, 0) is 35.4 Å². The number of thiophene rings is 2. The van der Waals surface area contributed by atoms with Crippen molar-refractivity contribution in [2.75, 3.05) is 6.54 Å². The van der Waals surface area contributed by atoms with Crippen molar-refractivity contribution in [3.05, 3.63) is 61.0 Å². The van der Waals surface area contributed by atoms with Gasteiger partial charge in [0.25, 0.3) is 5.56 Å². The van der Waals surface area contributed by atoms with Crippen molar-refractivity contribution < 1.29 is 0 Å². The van der Waals surface area contributed by atoms with Gasteiger partial charge in [0.2, 0.25) is 0 Å². The predicted molar refractivity (Wildman–Crippen MR) is 95.0 cm³/mol. The molecule has 4 heterocycles. The summed E-state index contributed by atoms with van der Waals surface area (Å²) in [6, 6.07) is 6.12. The van der Waals surface area contributed by atoms with E-state index in [0.717, 1.165) is 35.6 Å². The predicted octanol–water partition coefficient (Wildman–Crippen LogP) is 3.43. The Hall–Kier alpha value is -1.76. The summed E-state index contributed by atoms with van der Waals surface area (Å²) in [5.74, 6) is 0.700. The first-order chi connectivity index (χ1) is 11.2. The van der Waals surface area contributed by atoms with Crippen molar-refractivity contribution in [3.8, 4) is 10.7 Å². The third kappa shape index (κ3) is 2.89. The maximum atomic E-state index is 12.5. The lowest BCUT2D eigenvalue weighted by Crippen LogP contribution is -2.35. The molecule has 0 saturated heterocycles. The molecule has 1 aliphatic heterocycles. The number of aryl methyl sites for hydroxylation is 1. The van der Waals surface area contributed by atoms with Gasteiger partial charge >= 0.3 is 0 Å². The lowest BCUT2D eigenvalue weighted by Gasteiger charge is -2.27. The normalized spacial score (nSPS) is 14.8. The molecule has 3 aromatic rings. The van der Waals surface area contributed by atoms with E-state index in [2.05, 4.69) is 28.3 Å². The minimum Gasteiger partial charge on any atom is -0.306 e. The summed E-state index contributed by atoms with van der Waals surface area (Å²) in [6.45, 7) is 4.69. The van der Waals surface area contributed by atoms with E-state index in [9.17, 15) is 4.79 Å². The summed E-state index contributed by atoms with van der Waals surface area (Å²) in [5.41, 5.74) is 3.12. The Morgan fingerprint density at radius 1 is 1.30 bits per heavy atom. The van der Waals surface area contributed by atoms with Crippen LogP contribution in [0, 0.1) is 6.92 Å². The largest absolute Gasteiger partial charge is 0.306 e. The zero-order valence-corrected chi connectivity index (χ0v) is 14.5. The molecule has 1 aliphatic rings. The van der Waals surface area contributed by atoms with Crippen LogP contribution in [-0.4, -0.2) is 21.4 Å². The van der Waals surface area contributed by atoms with E-state index in [0.29, 0.717) is 12.4 Å². The Morgan fingerprint density at radius 2 is 2.22 bits per heavy atom. The van der Waals surface area contributed by atoms with Crippen LogP contribution in [0.3, 0.4) is 0 Å². The van der Waals surface area contributed by atoms with Gasteiger partial charge in [0, 0.05) is 30.9 Å². The average molecular weight is 343 g/mol. The summed E-state index contributed by atoms with van der Waals surface area (Å²) in [7, 11) is 0. The Balaban J connectivity index is 1.60. The van der Waals surface area contributed by atoms with E-state index in [4.69, 9.17) is 4.98 Å². The number of hydrogen-bond donors (Lipinski definition) is 1. The maximum absolute atomic E-state index is 12.5. The third-order valence-electron chi connectivity index (χ3n) is 4.24. The molecule has 0 spiro atoms. The molecule has 0 fully saturated rings. The second-order valence-corrected chi connectivity index (χ2v) is 7.75. The van der Waals surface area contributed by atoms with Crippen molar-refractivity contribution in [2.45, 2.75) is 26.4 Å². The van der Waals surface area contributed by atoms with E-state index in [1.807, 2.05) is 17.5 Å². The second kappa shape index (κ2) is 6.03. The molecular formula is C17H17N3OS2. The highest BCUT2D eigenvalue weighted by Gasteiger charge is 2.22. The van der Waals surface area contributed by atoms with Crippen molar-refractivity contribution in [3.63, 3.8) is 0 Å². The fourth-order valence-electron chi connectivity index (χ4n) is 2.92. The summed E-state index contributed by atoms with van der Waals surface area (Å²) in [4.78, 5) is 24.9. The molecule has 0 atom stereocenters. The number of aromatic nitrogens is 2. The van der Waals surface area contributed by atoms with Crippen LogP contribution in [0.1, 0.15) is 21.7 Å². The van der Waals surface area contributed by atoms with E-state index in [1.165, 1.54) is 10.4 Å². The van der Waals surface area contributed by atoms with E-state index < -0.39 is 0 Å². The van der Waals surface area contributed by atoms with Crippen molar-refractivity contribution in [1.82, 2.24) is 14.9 Å². The highest BCUT2D eigenvalue weighted by atomic mass is 32.1. The number of H-pyrrole nitrogens is 1. The second-order valence-electron chi connectivity index (χ2n) is 5.80. The molecule has 3 aromatic heterocycles. The molecule has 0 aliphatic carbocycles. The number of hydrogen-bond acceptors (Lipinski definition) is 5. The van der Waals surface area contributed by atoms with Crippen molar-refractivity contribution in [1.29, 1.82) is 0 Å². The van der Waals surface area contributed by atoms with E-state index in [-0.39, 0.29) is 5.56 Å². The average Bonchev–Trinajstić information content (AvgIpc) is 3.20. The number of nitrogens with zero attached hydrogens (tertiary/aromatic N) is 2. The molecule has 4 rings (SSSR count). The highest BCUT2D eigenvalue weighted by Crippen LogP contribution is 2.24. The molecule has 0 radical (unpaired) electrons. The van der Waals surface area contributed by atoms with Crippen LogP contribution in [0.25, 0.3) is 10.7 Å². The zero-order chi connectivity index (χ0) is 15.8. The van der Waals surface area contributed by atoms with Gasteiger partial charge in [-0.25, -0.2) is 4.98 Å². The Bertz CT molecular complexity index is 880. The lowest BCUT2D eigenvalue weighted by molar-refractivity contribution is 0.243. The van der Waals surface area contributed by atoms with E-state index in [1.54, 1.807) is 22.7 Å². The molecule has 0 bridgehead atoms. The van der Waals surface area contributed by atoms with Gasteiger partial charge in [0.15, 0.2) is 5.82 Å². The SMILES string of the molecule is Cc1ccsc1CN1CCc2nc(-c3cccs3)[nH]c(=O)c2C1. The molecule has 118 valence electrons. The molecule has 1 N–H and O–H groups in total. The molecule has 0 saturated carbocycles. The first kappa shape index (κ1) is 14.8. The van der Waals surface area contributed by atoms with Crippen LogP contribution in [0.4, 0.5) is 0 Å². The first-order valence-corrected chi connectivity index (χ1v) is 9.38. The number of rotatable bonds is 3. The smallest absolute Gasteiger partial charge is 0.255 e. The van der Waals surface area contributed by atoms with Gasteiger partial charge in [0.05, 0.1) is 16.1 Å². The molecule has 6 heteroatoms. The van der Waals surface area contributed by atoms with Gasteiger partial charge < -0.3 is 4.98 Å². The molecule has 4 nitrogen and oxygen atoms in total. The zero-order valence-electron chi connectivity index (χ0n) is 12.8. The number of aromatic amines is 1. The molecule has 0 unspecified atom stereocenters. The Kier molecular flexibility index (Phi) is 3.88. The third-order valence-corrected chi connectivity index (χ3v) is 6.12. The van der Waals surface area contributed by atoms with Crippen LogP contribution >= 0.6 is 22.7 Å². The maximum Gasteiger partial charge on any atom is 0.255 e. The van der Waals surface area contributed by atoms with Gasteiger partial charge in [-0.2, -0.15) is 0 Å². The van der Waals surface area contributed by atoms with Gasteiger partial charge in [-0.1, -0.05) is 6.07 Å². The molecule has 0 aromatic carbocycles. The topological polar surface area (TPSA) is 49.0 Å². The molecule has 23 heavy (non-hydrogen) atoms. The monoisotopic (exact) mass is 343 g/mol. The number of fused-ring (bicyclic) bond motifs is 1. The fourth-order valence-corrected chi connectivity index (χ4v) is 4.53. The fraction of sp³-hybridized carbons (Fsp3) is 0.294. The molecule has 0 amide bonds. The Morgan fingerprint density at radius 3 is 2.96 bits per heavy atom. The van der Waals surface area contributed by atoms with Crippen LogP contribution in [0.15, 0.2) is 33.8 Å².